The molecule has 1 aliphatic rings. The quantitative estimate of drug-likeness (QED) is 0.341. The van der Waals surface area contributed by atoms with Gasteiger partial charge in [0, 0.05) is 22.3 Å². The number of rotatable bonds is 6. The Morgan fingerprint density at radius 3 is 2.18 bits per heavy atom. The summed E-state index contributed by atoms with van der Waals surface area (Å²) in [6, 6.07) is 25.4. The van der Waals surface area contributed by atoms with Crippen LogP contribution in [0.25, 0.3) is 0 Å². The predicted octanol–water partition coefficient (Wildman–Crippen LogP) is 5.74. The molecule has 1 heterocycles. The van der Waals surface area contributed by atoms with E-state index in [0.29, 0.717) is 27.2 Å². The van der Waals surface area contributed by atoms with Crippen molar-refractivity contribution in [1.29, 1.82) is 5.26 Å². The van der Waals surface area contributed by atoms with Crippen molar-refractivity contribution in [1.82, 2.24) is 5.32 Å². The maximum atomic E-state index is 13.5. The molecule has 0 spiro atoms. The van der Waals surface area contributed by atoms with E-state index in [1.54, 1.807) is 36.4 Å². The third kappa shape index (κ3) is 5.45. The van der Waals surface area contributed by atoms with Crippen LogP contribution < -0.4 is 10.2 Å². The normalized spacial score (nSPS) is 16.8. The van der Waals surface area contributed by atoms with Crippen LogP contribution in [-0.4, -0.2) is 17.1 Å². The minimum Gasteiger partial charge on any atom is -0.347 e. The summed E-state index contributed by atoms with van der Waals surface area (Å²) in [4.78, 5) is 27.9. The monoisotopic (exact) mass is 507 g/mol. The van der Waals surface area contributed by atoms with E-state index >= 15 is 0 Å². The molecule has 0 bridgehead atoms. The second-order valence-electron chi connectivity index (χ2n) is 7.55. The van der Waals surface area contributed by atoms with Crippen LogP contribution in [0.15, 0.2) is 89.5 Å². The van der Waals surface area contributed by atoms with Gasteiger partial charge < -0.3 is 5.32 Å². The van der Waals surface area contributed by atoms with E-state index in [1.807, 2.05) is 48.5 Å². The Morgan fingerprint density at radius 2 is 1.56 bits per heavy atom. The van der Waals surface area contributed by atoms with E-state index in [0.717, 1.165) is 11.1 Å². The fraction of sp³-hybridized carbons (Fsp3) is 0.115. The van der Waals surface area contributed by atoms with Gasteiger partial charge in [0.1, 0.15) is 16.7 Å². The summed E-state index contributed by atoms with van der Waals surface area (Å²) in [6.07, 6.45) is 0.429. The third-order valence-electron chi connectivity index (χ3n) is 5.22. The molecule has 0 aromatic heterocycles. The minimum atomic E-state index is -0.534. The molecule has 0 radical (unpaired) electrons. The largest absolute Gasteiger partial charge is 0.347 e. The summed E-state index contributed by atoms with van der Waals surface area (Å²) >= 11 is 13.2. The standard InChI is InChI=1S/C26H19Cl2N3O2S/c27-19-8-6-17(7-9-19)14-23-25(33)31(21-12-10-20(28)11-13-21)26(34-23)22(15-29)24(32)30-16-18-4-2-1-3-5-18/h1-13,23H,14,16H2,(H,30,32)/b26-22-/t23-/m0/s1. The van der Waals surface area contributed by atoms with Crippen molar-refractivity contribution < 1.29 is 9.59 Å². The first-order valence-corrected chi connectivity index (χ1v) is 12.1. The van der Waals surface area contributed by atoms with E-state index in [9.17, 15) is 14.9 Å². The number of nitrogens with zero attached hydrogens (tertiary/aromatic N) is 2. The molecule has 1 N–H and O–H groups in total. The van der Waals surface area contributed by atoms with Gasteiger partial charge in [-0.15, -0.1) is 0 Å². The van der Waals surface area contributed by atoms with Gasteiger partial charge in [-0.25, -0.2) is 0 Å². The van der Waals surface area contributed by atoms with Gasteiger partial charge in [-0.3, -0.25) is 14.5 Å². The Morgan fingerprint density at radius 1 is 0.941 bits per heavy atom. The maximum Gasteiger partial charge on any atom is 0.264 e. The Labute approximate surface area is 212 Å². The van der Waals surface area contributed by atoms with Crippen molar-refractivity contribution in [2.75, 3.05) is 4.90 Å². The first kappa shape index (κ1) is 23.9. The highest BCUT2D eigenvalue weighted by Crippen LogP contribution is 2.42. The number of carbonyl (C=O) groups is 2. The Kier molecular flexibility index (Phi) is 7.59. The zero-order valence-electron chi connectivity index (χ0n) is 17.9. The Balaban J connectivity index is 1.66. The van der Waals surface area contributed by atoms with Crippen LogP contribution in [0.3, 0.4) is 0 Å². The van der Waals surface area contributed by atoms with Crippen LogP contribution in [0.4, 0.5) is 5.69 Å². The number of hydrogen-bond donors (Lipinski definition) is 1. The zero-order chi connectivity index (χ0) is 24.1. The molecule has 1 aliphatic heterocycles. The number of anilines is 1. The number of halogens is 2. The number of carbonyl (C=O) groups excluding carboxylic acids is 2. The van der Waals surface area contributed by atoms with Gasteiger partial charge in [-0.1, -0.05) is 77.4 Å². The molecule has 1 fully saturated rings. The lowest BCUT2D eigenvalue weighted by Crippen LogP contribution is -2.32. The Bertz CT molecular complexity index is 1270. The Hall–Kier alpha value is -3.24. The fourth-order valence-corrected chi connectivity index (χ4v) is 5.07. The van der Waals surface area contributed by atoms with E-state index in [2.05, 4.69) is 5.32 Å². The van der Waals surface area contributed by atoms with Crippen molar-refractivity contribution in [2.24, 2.45) is 0 Å². The molecule has 3 aromatic rings. The topological polar surface area (TPSA) is 73.2 Å². The zero-order valence-corrected chi connectivity index (χ0v) is 20.2. The first-order chi connectivity index (χ1) is 16.5. The van der Waals surface area contributed by atoms with Crippen LogP contribution in [0, 0.1) is 11.3 Å². The maximum absolute atomic E-state index is 13.5. The van der Waals surface area contributed by atoms with Gasteiger partial charge in [0.05, 0.1) is 5.25 Å². The van der Waals surface area contributed by atoms with Gasteiger partial charge >= 0.3 is 0 Å². The smallest absolute Gasteiger partial charge is 0.264 e. The van der Waals surface area contributed by atoms with Crippen LogP contribution >= 0.6 is 35.0 Å². The number of nitrogens with one attached hydrogen (secondary N) is 1. The van der Waals surface area contributed by atoms with Gasteiger partial charge in [0.25, 0.3) is 5.91 Å². The summed E-state index contributed by atoms with van der Waals surface area (Å²) in [5, 5.41) is 13.6. The van der Waals surface area contributed by atoms with Crippen molar-refractivity contribution in [3.8, 4) is 6.07 Å². The highest BCUT2D eigenvalue weighted by molar-refractivity contribution is 8.05. The van der Waals surface area contributed by atoms with Gasteiger partial charge in [-0.2, -0.15) is 5.26 Å². The molecule has 8 heteroatoms. The lowest BCUT2D eigenvalue weighted by Gasteiger charge is -2.19. The van der Waals surface area contributed by atoms with Crippen LogP contribution in [-0.2, 0) is 22.6 Å². The number of hydrogen-bond acceptors (Lipinski definition) is 4. The number of nitriles is 1. The second-order valence-corrected chi connectivity index (χ2v) is 9.61. The number of thioether (sulfide) groups is 1. The summed E-state index contributed by atoms with van der Waals surface area (Å²) < 4.78 is 0. The molecule has 2 amide bonds. The third-order valence-corrected chi connectivity index (χ3v) is 6.99. The molecule has 1 atom stereocenters. The molecule has 34 heavy (non-hydrogen) atoms. The molecule has 3 aromatic carbocycles. The predicted molar refractivity (Wildman–Crippen MR) is 136 cm³/mol. The van der Waals surface area contributed by atoms with Crippen molar-refractivity contribution in [3.05, 3.63) is 111 Å². The van der Waals surface area contributed by atoms with Crippen molar-refractivity contribution in [2.45, 2.75) is 18.2 Å². The highest BCUT2D eigenvalue weighted by atomic mass is 35.5. The molecule has 170 valence electrons. The molecular formula is C26H19Cl2N3O2S. The molecule has 0 unspecified atom stereocenters. The number of amides is 2. The van der Waals surface area contributed by atoms with Crippen molar-refractivity contribution >= 4 is 52.5 Å². The van der Waals surface area contributed by atoms with Crippen LogP contribution in [0.5, 0.6) is 0 Å². The first-order valence-electron chi connectivity index (χ1n) is 10.4. The summed E-state index contributed by atoms with van der Waals surface area (Å²) in [6.45, 7) is 0.270. The average molecular weight is 508 g/mol. The van der Waals surface area contributed by atoms with Gasteiger partial charge in [0.2, 0.25) is 5.91 Å². The lowest BCUT2D eigenvalue weighted by molar-refractivity contribution is -0.117. The SMILES string of the molecule is N#C/C(C(=O)NCc1ccccc1)=C1/S[C@@H](Cc2ccc(Cl)cc2)C(=O)N1c1ccc(Cl)cc1. The van der Waals surface area contributed by atoms with E-state index in [-0.39, 0.29) is 18.0 Å². The average Bonchev–Trinajstić information content (AvgIpc) is 3.16. The van der Waals surface area contributed by atoms with E-state index < -0.39 is 11.2 Å². The summed E-state index contributed by atoms with van der Waals surface area (Å²) in [5.41, 5.74) is 2.27. The molecule has 4 rings (SSSR count). The highest BCUT2D eigenvalue weighted by Gasteiger charge is 2.40. The summed E-state index contributed by atoms with van der Waals surface area (Å²) in [7, 11) is 0. The lowest BCUT2D eigenvalue weighted by atomic mass is 10.1. The van der Waals surface area contributed by atoms with Crippen molar-refractivity contribution in [3.63, 3.8) is 0 Å². The second kappa shape index (κ2) is 10.8. The van der Waals surface area contributed by atoms with E-state index in [4.69, 9.17) is 23.2 Å². The van der Waals surface area contributed by atoms with Gasteiger partial charge in [-0.05, 0) is 53.9 Å². The van der Waals surface area contributed by atoms with Crippen LogP contribution in [0.2, 0.25) is 10.0 Å². The number of benzene rings is 3. The summed E-state index contributed by atoms with van der Waals surface area (Å²) in [5.74, 6) is -0.742. The molecule has 5 nitrogen and oxygen atoms in total. The molecule has 0 saturated carbocycles. The van der Waals surface area contributed by atoms with E-state index in [1.165, 1.54) is 16.7 Å². The fourth-order valence-electron chi connectivity index (χ4n) is 3.51. The van der Waals surface area contributed by atoms with Gasteiger partial charge in [0.15, 0.2) is 0 Å². The van der Waals surface area contributed by atoms with Crippen LogP contribution in [0.1, 0.15) is 11.1 Å². The minimum absolute atomic E-state index is 0.108. The molecular weight excluding hydrogens is 489 g/mol. The molecule has 1 saturated heterocycles. The molecule has 0 aliphatic carbocycles.